The molecule has 18 heavy (non-hydrogen) atoms. The smallest absolute Gasteiger partial charge is 0.153 e. The van der Waals surface area contributed by atoms with E-state index < -0.39 is 0 Å². The molecular formula is C13H22N4O. The third-order valence-corrected chi connectivity index (χ3v) is 3.65. The molecule has 1 unspecified atom stereocenters. The average Bonchev–Trinajstić information content (AvgIpc) is 2.69. The normalized spacial score (nSPS) is 21.4. The van der Waals surface area contributed by atoms with Crippen LogP contribution in [0.1, 0.15) is 28.9 Å². The van der Waals surface area contributed by atoms with Crippen LogP contribution in [0.4, 0.5) is 0 Å². The Morgan fingerprint density at radius 2 is 2.33 bits per heavy atom. The minimum atomic E-state index is 0.613. The van der Waals surface area contributed by atoms with Crippen LogP contribution in [-0.2, 0) is 13.6 Å². The Balaban J connectivity index is 2.02. The highest BCUT2D eigenvalue weighted by atomic mass is 16.1. The molecule has 0 aliphatic carbocycles. The minimum Gasteiger partial charge on any atom is -0.305 e. The number of rotatable bonds is 4. The number of nitrogens with zero attached hydrogens (tertiary/aromatic N) is 4. The molecule has 1 aromatic heterocycles. The number of hydrogen-bond acceptors (Lipinski definition) is 4. The fourth-order valence-corrected chi connectivity index (χ4v) is 2.58. The third-order valence-electron chi connectivity index (χ3n) is 3.65. The van der Waals surface area contributed by atoms with Crippen molar-refractivity contribution in [1.82, 2.24) is 19.6 Å². The van der Waals surface area contributed by atoms with E-state index in [1.54, 1.807) is 10.9 Å². The first-order chi connectivity index (χ1) is 8.60. The van der Waals surface area contributed by atoms with Crippen molar-refractivity contribution in [1.29, 1.82) is 0 Å². The van der Waals surface area contributed by atoms with Crippen molar-refractivity contribution in [3.63, 3.8) is 0 Å². The molecule has 5 nitrogen and oxygen atoms in total. The van der Waals surface area contributed by atoms with Crippen molar-refractivity contribution in [2.45, 2.75) is 25.4 Å². The predicted octanol–water partition coefficient (Wildman–Crippen LogP) is 0.759. The lowest BCUT2D eigenvalue weighted by molar-refractivity contribution is 0.111. The zero-order valence-electron chi connectivity index (χ0n) is 11.5. The molecular weight excluding hydrogens is 228 g/mol. The largest absolute Gasteiger partial charge is 0.305 e. The highest BCUT2D eigenvalue weighted by Gasteiger charge is 2.22. The molecule has 0 aromatic carbocycles. The molecule has 5 heteroatoms. The molecule has 1 aliphatic heterocycles. The van der Waals surface area contributed by atoms with Crippen molar-refractivity contribution in [3.8, 4) is 0 Å². The lowest BCUT2D eigenvalue weighted by atomic mass is 10.0. The number of aromatic nitrogens is 2. The summed E-state index contributed by atoms with van der Waals surface area (Å²) in [5.41, 5.74) is 1.61. The van der Waals surface area contributed by atoms with Crippen LogP contribution in [0.25, 0.3) is 0 Å². The highest BCUT2D eigenvalue weighted by Crippen LogP contribution is 2.16. The quantitative estimate of drug-likeness (QED) is 0.740. The predicted molar refractivity (Wildman–Crippen MR) is 70.6 cm³/mol. The number of likely N-dealkylation sites (tertiary alicyclic amines) is 1. The molecule has 1 aromatic rings. The van der Waals surface area contributed by atoms with Gasteiger partial charge in [0.2, 0.25) is 0 Å². The van der Waals surface area contributed by atoms with Crippen LogP contribution in [0.5, 0.6) is 0 Å². The second kappa shape index (κ2) is 5.63. The first-order valence-electron chi connectivity index (χ1n) is 6.46. The molecule has 1 aliphatic rings. The number of aldehydes is 1. The standard InChI is InChI=1S/C13H22N4O/c1-15(2)12-5-4-6-17(8-12)9-13-11(10-18)7-16(3)14-13/h7,10,12H,4-6,8-9H2,1-3H3. The average molecular weight is 250 g/mol. The number of likely N-dealkylation sites (N-methyl/N-ethyl adjacent to an activating group) is 1. The molecule has 1 fully saturated rings. The van der Waals surface area contributed by atoms with Crippen LogP contribution in [0, 0.1) is 0 Å². The summed E-state index contributed by atoms with van der Waals surface area (Å²) in [7, 11) is 6.12. The molecule has 0 spiro atoms. The third kappa shape index (κ3) is 2.97. The zero-order chi connectivity index (χ0) is 13.1. The van der Waals surface area contributed by atoms with Crippen LogP contribution in [0.2, 0.25) is 0 Å². The maximum absolute atomic E-state index is 11.0. The second-order valence-electron chi connectivity index (χ2n) is 5.32. The van der Waals surface area contributed by atoms with Crippen LogP contribution in [-0.4, -0.2) is 59.1 Å². The summed E-state index contributed by atoms with van der Waals surface area (Å²) in [5.74, 6) is 0. The van der Waals surface area contributed by atoms with Gasteiger partial charge in [-0.2, -0.15) is 5.10 Å². The Hall–Kier alpha value is -1.20. The Labute approximate surface area is 108 Å². The van der Waals surface area contributed by atoms with Gasteiger partial charge in [0.25, 0.3) is 0 Å². The van der Waals surface area contributed by atoms with E-state index in [0.29, 0.717) is 11.6 Å². The molecule has 1 saturated heterocycles. The number of piperidine rings is 1. The van der Waals surface area contributed by atoms with Gasteiger partial charge in [0.15, 0.2) is 6.29 Å². The topological polar surface area (TPSA) is 41.4 Å². The van der Waals surface area contributed by atoms with Gasteiger partial charge in [-0.3, -0.25) is 14.4 Å². The summed E-state index contributed by atoms with van der Waals surface area (Å²) >= 11 is 0. The monoisotopic (exact) mass is 250 g/mol. The summed E-state index contributed by atoms with van der Waals surface area (Å²) < 4.78 is 1.71. The molecule has 0 saturated carbocycles. The van der Waals surface area contributed by atoms with Gasteiger partial charge in [0.1, 0.15) is 0 Å². The van der Waals surface area contributed by atoms with Gasteiger partial charge in [-0.1, -0.05) is 0 Å². The molecule has 100 valence electrons. The summed E-state index contributed by atoms with van der Waals surface area (Å²) in [6.45, 7) is 2.93. The lowest BCUT2D eigenvalue weighted by Crippen LogP contribution is -2.44. The molecule has 0 amide bonds. The Morgan fingerprint density at radius 1 is 1.56 bits per heavy atom. The van der Waals surface area contributed by atoms with E-state index in [-0.39, 0.29) is 0 Å². The van der Waals surface area contributed by atoms with Crippen LogP contribution in [0.3, 0.4) is 0 Å². The first-order valence-corrected chi connectivity index (χ1v) is 6.46. The fourth-order valence-electron chi connectivity index (χ4n) is 2.58. The number of aryl methyl sites for hydroxylation is 1. The van der Waals surface area contributed by atoms with E-state index in [1.807, 2.05) is 7.05 Å². The van der Waals surface area contributed by atoms with E-state index in [4.69, 9.17) is 0 Å². The highest BCUT2D eigenvalue weighted by molar-refractivity contribution is 5.75. The van der Waals surface area contributed by atoms with Crippen molar-refractivity contribution >= 4 is 6.29 Å². The Morgan fingerprint density at radius 3 is 3.00 bits per heavy atom. The van der Waals surface area contributed by atoms with Gasteiger partial charge in [-0.25, -0.2) is 0 Å². The maximum Gasteiger partial charge on any atom is 0.153 e. The molecule has 2 rings (SSSR count). The van der Waals surface area contributed by atoms with Gasteiger partial charge < -0.3 is 4.90 Å². The van der Waals surface area contributed by atoms with E-state index >= 15 is 0 Å². The van der Waals surface area contributed by atoms with Crippen LogP contribution < -0.4 is 0 Å². The lowest BCUT2D eigenvalue weighted by Gasteiger charge is -2.35. The summed E-state index contributed by atoms with van der Waals surface area (Å²) in [6, 6.07) is 0.613. The molecule has 0 bridgehead atoms. The SMILES string of the molecule is CN(C)C1CCCN(Cc2nn(C)cc2C=O)C1. The van der Waals surface area contributed by atoms with Gasteiger partial charge in [0.05, 0.1) is 11.3 Å². The second-order valence-corrected chi connectivity index (χ2v) is 5.32. The maximum atomic E-state index is 11.0. The van der Waals surface area contributed by atoms with Crippen molar-refractivity contribution < 1.29 is 4.79 Å². The van der Waals surface area contributed by atoms with Crippen molar-refractivity contribution in [3.05, 3.63) is 17.5 Å². The van der Waals surface area contributed by atoms with Gasteiger partial charge in [-0.15, -0.1) is 0 Å². The minimum absolute atomic E-state index is 0.613. The Kier molecular flexibility index (Phi) is 4.14. The van der Waals surface area contributed by atoms with E-state index in [9.17, 15) is 4.79 Å². The number of carbonyl (C=O) groups is 1. The molecule has 2 heterocycles. The number of hydrogen-bond donors (Lipinski definition) is 0. The van der Waals surface area contributed by atoms with E-state index in [0.717, 1.165) is 31.6 Å². The fraction of sp³-hybridized carbons (Fsp3) is 0.692. The van der Waals surface area contributed by atoms with E-state index in [2.05, 4.69) is 29.0 Å². The summed E-state index contributed by atoms with van der Waals surface area (Å²) in [5, 5.41) is 4.38. The Bertz CT molecular complexity index is 413. The van der Waals surface area contributed by atoms with Crippen molar-refractivity contribution in [2.24, 2.45) is 7.05 Å². The summed E-state index contributed by atoms with van der Waals surface area (Å²) in [6.07, 6.45) is 5.16. The number of carbonyl (C=O) groups excluding carboxylic acids is 1. The molecule has 0 radical (unpaired) electrons. The summed E-state index contributed by atoms with van der Waals surface area (Å²) in [4.78, 5) is 15.7. The van der Waals surface area contributed by atoms with E-state index in [1.165, 1.54) is 12.8 Å². The zero-order valence-corrected chi connectivity index (χ0v) is 11.5. The van der Waals surface area contributed by atoms with Gasteiger partial charge >= 0.3 is 0 Å². The van der Waals surface area contributed by atoms with Gasteiger partial charge in [0, 0.05) is 32.4 Å². The van der Waals surface area contributed by atoms with Crippen LogP contribution >= 0.6 is 0 Å². The van der Waals surface area contributed by atoms with Crippen molar-refractivity contribution in [2.75, 3.05) is 27.2 Å². The van der Waals surface area contributed by atoms with Crippen LogP contribution in [0.15, 0.2) is 6.20 Å². The molecule has 0 N–H and O–H groups in total. The molecule has 1 atom stereocenters. The van der Waals surface area contributed by atoms with Gasteiger partial charge in [-0.05, 0) is 33.5 Å². The first kappa shape index (κ1) is 13.2.